The normalized spacial score (nSPS) is 22.2. The van der Waals surface area contributed by atoms with E-state index < -0.39 is 5.54 Å². The van der Waals surface area contributed by atoms with Gasteiger partial charge in [0.1, 0.15) is 12.0 Å². The summed E-state index contributed by atoms with van der Waals surface area (Å²) in [5, 5.41) is 14.3. The summed E-state index contributed by atoms with van der Waals surface area (Å²) in [7, 11) is 0. The minimum absolute atomic E-state index is 0.0324. The Morgan fingerprint density at radius 1 is 1.26 bits per heavy atom. The largest absolute Gasteiger partial charge is 0.396 e. The van der Waals surface area contributed by atoms with Gasteiger partial charge >= 0.3 is 0 Å². The van der Waals surface area contributed by atoms with Gasteiger partial charge in [-0.2, -0.15) is 0 Å². The minimum Gasteiger partial charge on any atom is -0.396 e. The second-order valence-electron chi connectivity index (χ2n) is 9.28. The molecule has 1 amide bonds. The number of hydrogen-bond acceptors (Lipinski definition) is 5. The molecule has 2 aromatic heterocycles. The summed E-state index contributed by atoms with van der Waals surface area (Å²) < 4.78 is 0.966. The number of nitrogens with one attached hydrogen (secondary N) is 2. The average molecular weight is 549 g/mol. The standard InChI is InChI=1S/C25H31BrClN5O2/c26-19-14-29-23-22(19)21(30-15-31-23)13-16-3-1-2-10-25(28,11-8-16)24(34)32-20(9-12-33)17-4-6-18(27)7-5-17/h4-7,14-16,20,33H,1-3,8-13,28H2,(H,32,34)(H,29,30,31)/t16?,20-,25?/m0/s1. The summed E-state index contributed by atoms with van der Waals surface area (Å²) in [6.07, 6.45) is 9.86. The first kappa shape index (κ1) is 25.1. The van der Waals surface area contributed by atoms with E-state index in [1.165, 1.54) is 0 Å². The summed E-state index contributed by atoms with van der Waals surface area (Å²) in [5.41, 5.74) is 8.55. The molecule has 1 fully saturated rings. The third-order valence-electron chi connectivity index (χ3n) is 6.91. The molecule has 1 aliphatic rings. The number of fused-ring (bicyclic) bond motifs is 1. The van der Waals surface area contributed by atoms with Crippen LogP contribution in [-0.2, 0) is 11.2 Å². The fourth-order valence-corrected chi connectivity index (χ4v) is 5.56. The fourth-order valence-electron chi connectivity index (χ4n) is 4.90. The maximum atomic E-state index is 13.4. The van der Waals surface area contributed by atoms with E-state index in [1.807, 2.05) is 18.3 Å². The van der Waals surface area contributed by atoms with Crippen LogP contribution in [0.25, 0.3) is 11.0 Å². The van der Waals surface area contributed by atoms with Gasteiger partial charge in [0.25, 0.3) is 0 Å². The summed E-state index contributed by atoms with van der Waals surface area (Å²) >= 11 is 9.61. The second-order valence-corrected chi connectivity index (χ2v) is 10.6. The molecule has 4 rings (SSSR count). The van der Waals surface area contributed by atoms with Crippen LogP contribution in [0.3, 0.4) is 0 Å². The molecule has 3 atom stereocenters. The number of hydrogen-bond donors (Lipinski definition) is 4. The Morgan fingerprint density at radius 3 is 2.82 bits per heavy atom. The molecule has 7 nitrogen and oxygen atoms in total. The predicted molar refractivity (Wildman–Crippen MR) is 137 cm³/mol. The lowest BCUT2D eigenvalue weighted by Crippen LogP contribution is -2.55. The first-order valence-electron chi connectivity index (χ1n) is 11.8. The van der Waals surface area contributed by atoms with Gasteiger partial charge < -0.3 is 21.1 Å². The zero-order valence-corrected chi connectivity index (χ0v) is 21.4. The number of carbonyl (C=O) groups excluding carboxylic acids is 1. The molecule has 1 aromatic carbocycles. The number of halogens is 2. The lowest BCUT2D eigenvalue weighted by atomic mass is 9.78. The van der Waals surface area contributed by atoms with E-state index in [-0.39, 0.29) is 18.6 Å². The maximum absolute atomic E-state index is 13.4. The molecule has 34 heavy (non-hydrogen) atoms. The van der Waals surface area contributed by atoms with Crippen molar-refractivity contribution >= 4 is 44.5 Å². The lowest BCUT2D eigenvalue weighted by molar-refractivity contribution is -0.128. The Kier molecular flexibility index (Phi) is 8.24. The molecule has 0 bridgehead atoms. The number of carbonyl (C=O) groups is 1. The number of nitrogens with zero attached hydrogens (tertiary/aromatic N) is 2. The average Bonchev–Trinajstić information content (AvgIpc) is 3.20. The van der Waals surface area contributed by atoms with Crippen LogP contribution in [0.5, 0.6) is 0 Å². The highest BCUT2D eigenvalue weighted by Gasteiger charge is 2.36. The number of aromatic nitrogens is 3. The van der Waals surface area contributed by atoms with Crippen molar-refractivity contribution in [3.05, 3.63) is 57.5 Å². The predicted octanol–water partition coefficient (Wildman–Crippen LogP) is 4.82. The van der Waals surface area contributed by atoms with E-state index in [2.05, 4.69) is 36.2 Å². The molecule has 0 aliphatic heterocycles. The van der Waals surface area contributed by atoms with Crippen molar-refractivity contribution in [1.29, 1.82) is 0 Å². The van der Waals surface area contributed by atoms with Crippen LogP contribution < -0.4 is 11.1 Å². The van der Waals surface area contributed by atoms with Crippen LogP contribution in [0, 0.1) is 5.92 Å². The number of amides is 1. The maximum Gasteiger partial charge on any atom is 0.240 e. The highest BCUT2D eigenvalue weighted by molar-refractivity contribution is 9.10. The highest BCUT2D eigenvalue weighted by Crippen LogP contribution is 2.33. The van der Waals surface area contributed by atoms with Gasteiger partial charge in [-0.05, 0) is 71.6 Å². The molecule has 2 heterocycles. The molecule has 0 saturated heterocycles. The zero-order valence-electron chi connectivity index (χ0n) is 19.1. The van der Waals surface area contributed by atoms with Crippen molar-refractivity contribution in [1.82, 2.24) is 20.3 Å². The lowest BCUT2D eigenvalue weighted by Gasteiger charge is -2.34. The van der Waals surface area contributed by atoms with Gasteiger partial charge in [-0.25, -0.2) is 9.97 Å². The van der Waals surface area contributed by atoms with Crippen molar-refractivity contribution in [2.45, 2.75) is 62.9 Å². The molecule has 2 unspecified atom stereocenters. The van der Waals surface area contributed by atoms with Crippen LogP contribution in [0.2, 0.25) is 5.02 Å². The van der Waals surface area contributed by atoms with E-state index >= 15 is 0 Å². The summed E-state index contributed by atoms with van der Waals surface area (Å²) in [4.78, 5) is 25.4. The number of benzene rings is 1. The van der Waals surface area contributed by atoms with Gasteiger partial charge in [0.15, 0.2) is 0 Å². The molecule has 3 aromatic rings. The van der Waals surface area contributed by atoms with Crippen molar-refractivity contribution < 1.29 is 9.90 Å². The number of aliphatic hydroxyl groups is 1. The summed E-state index contributed by atoms with van der Waals surface area (Å²) in [6, 6.07) is 7.03. The quantitative estimate of drug-likeness (QED) is 0.338. The van der Waals surface area contributed by atoms with Gasteiger partial charge in [-0.3, -0.25) is 4.79 Å². The van der Waals surface area contributed by atoms with Gasteiger partial charge in [0.05, 0.1) is 22.7 Å². The van der Waals surface area contributed by atoms with Crippen LogP contribution in [0.1, 0.15) is 62.2 Å². The Balaban J connectivity index is 1.45. The monoisotopic (exact) mass is 547 g/mol. The number of aliphatic hydroxyl groups excluding tert-OH is 1. The molecule has 1 aliphatic carbocycles. The van der Waals surface area contributed by atoms with E-state index in [0.29, 0.717) is 30.2 Å². The smallest absolute Gasteiger partial charge is 0.240 e. The van der Waals surface area contributed by atoms with Gasteiger partial charge in [-0.1, -0.05) is 43.0 Å². The first-order chi connectivity index (χ1) is 16.4. The van der Waals surface area contributed by atoms with Crippen molar-refractivity contribution in [3.8, 4) is 0 Å². The third-order valence-corrected chi connectivity index (χ3v) is 7.79. The van der Waals surface area contributed by atoms with Gasteiger partial charge in [-0.15, -0.1) is 0 Å². The number of rotatable bonds is 7. The van der Waals surface area contributed by atoms with Gasteiger partial charge in [0.2, 0.25) is 5.91 Å². The van der Waals surface area contributed by atoms with Crippen LogP contribution in [0.15, 0.2) is 41.3 Å². The van der Waals surface area contributed by atoms with E-state index in [0.717, 1.165) is 58.9 Å². The first-order valence-corrected chi connectivity index (χ1v) is 13.0. The van der Waals surface area contributed by atoms with E-state index in [9.17, 15) is 9.90 Å². The second kappa shape index (κ2) is 11.2. The summed E-state index contributed by atoms with van der Waals surface area (Å²) in [5.74, 6) is 0.236. The van der Waals surface area contributed by atoms with Crippen LogP contribution >= 0.6 is 27.5 Å². The molecular formula is C25H31BrClN5O2. The Bertz CT molecular complexity index is 1120. The SMILES string of the molecule is NC1(C(=O)N[C@@H](CCO)c2ccc(Cl)cc2)CCCCC(Cc2ncnc3[nH]cc(Br)c23)CC1. The van der Waals surface area contributed by atoms with Crippen molar-refractivity contribution in [3.63, 3.8) is 0 Å². The molecule has 1 saturated carbocycles. The zero-order chi connectivity index (χ0) is 24.1. The molecule has 5 N–H and O–H groups in total. The van der Waals surface area contributed by atoms with Crippen molar-refractivity contribution in [2.24, 2.45) is 11.7 Å². The van der Waals surface area contributed by atoms with Crippen LogP contribution in [0.4, 0.5) is 0 Å². The van der Waals surface area contributed by atoms with Gasteiger partial charge in [0, 0.05) is 22.3 Å². The molecule has 0 radical (unpaired) electrons. The Morgan fingerprint density at radius 2 is 2.06 bits per heavy atom. The topological polar surface area (TPSA) is 117 Å². The molecular weight excluding hydrogens is 518 g/mol. The van der Waals surface area contributed by atoms with E-state index in [4.69, 9.17) is 17.3 Å². The van der Waals surface area contributed by atoms with E-state index in [1.54, 1.807) is 18.5 Å². The molecule has 182 valence electrons. The highest BCUT2D eigenvalue weighted by atomic mass is 79.9. The minimum atomic E-state index is -0.936. The number of nitrogens with two attached hydrogens (primary N) is 1. The number of aromatic amines is 1. The molecule has 9 heteroatoms. The number of H-pyrrole nitrogens is 1. The van der Waals surface area contributed by atoms with Crippen molar-refractivity contribution in [2.75, 3.05) is 6.61 Å². The fraction of sp³-hybridized carbons (Fsp3) is 0.480. The Labute approximate surface area is 213 Å². The molecule has 0 spiro atoms. The van der Waals surface area contributed by atoms with Crippen LogP contribution in [-0.4, -0.2) is 38.1 Å². The summed E-state index contributed by atoms with van der Waals surface area (Å²) in [6.45, 7) is -0.0324. The Hall–Kier alpha value is -2.00. The third kappa shape index (κ3) is 5.79.